The van der Waals surface area contributed by atoms with E-state index in [-0.39, 0.29) is 12.6 Å². The Labute approximate surface area is 81.1 Å². The number of hydrogen-bond donors (Lipinski definition) is 2. The predicted octanol–water partition coefficient (Wildman–Crippen LogP) is 0.441. The van der Waals surface area contributed by atoms with Gasteiger partial charge in [-0.25, -0.2) is 0 Å². The van der Waals surface area contributed by atoms with Crippen molar-refractivity contribution >= 4 is 0 Å². The van der Waals surface area contributed by atoms with E-state index in [9.17, 15) is 0 Å². The molecular weight excluding hydrogens is 164 g/mol. The molecule has 0 amide bonds. The number of hydrogen-bond acceptors (Lipinski definition) is 3. The Morgan fingerprint density at radius 2 is 2.23 bits per heavy atom. The second-order valence-electron chi connectivity index (χ2n) is 4.18. The van der Waals surface area contributed by atoms with Gasteiger partial charge in [-0.2, -0.15) is 0 Å². The Hall–Kier alpha value is -0.120. The van der Waals surface area contributed by atoms with E-state index in [0.29, 0.717) is 6.04 Å². The van der Waals surface area contributed by atoms with Crippen molar-refractivity contribution in [2.24, 2.45) is 0 Å². The molecule has 3 nitrogen and oxygen atoms in total. The minimum Gasteiger partial charge on any atom is -0.395 e. The highest BCUT2D eigenvalue weighted by Crippen LogP contribution is 2.09. The van der Waals surface area contributed by atoms with E-state index in [4.69, 9.17) is 5.11 Å². The monoisotopic (exact) mass is 186 g/mol. The third-order valence-corrected chi connectivity index (χ3v) is 2.75. The third kappa shape index (κ3) is 4.07. The molecule has 1 heterocycles. The minimum atomic E-state index is 0.242. The smallest absolute Gasteiger partial charge is 0.0582 e. The van der Waals surface area contributed by atoms with Gasteiger partial charge in [0.15, 0.2) is 0 Å². The maximum absolute atomic E-state index is 8.91. The summed E-state index contributed by atoms with van der Waals surface area (Å²) in [6.07, 6.45) is 3.72. The Kier molecular flexibility index (Phi) is 4.70. The lowest BCUT2D eigenvalue weighted by Crippen LogP contribution is -2.39. The molecule has 1 fully saturated rings. The van der Waals surface area contributed by atoms with Crippen LogP contribution in [-0.2, 0) is 0 Å². The molecule has 0 radical (unpaired) electrons. The van der Waals surface area contributed by atoms with E-state index in [1.807, 2.05) is 6.92 Å². The molecule has 1 rings (SSSR count). The molecule has 1 saturated heterocycles. The van der Waals surface area contributed by atoms with Crippen LogP contribution in [0.15, 0.2) is 0 Å². The van der Waals surface area contributed by atoms with E-state index < -0.39 is 0 Å². The Morgan fingerprint density at radius 1 is 1.46 bits per heavy atom. The van der Waals surface area contributed by atoms with Crippen molar-refractivity contribution in [2.75, 3.05) is 26.7 Å². The van der Waals surface area contributed by atoms with Crippen LogP contribution in [-0.4, -0.2) is 48.8 Å². The van der Waals surface area contributed by atoms with Crippen LogP contribution in [0.1, 0.15) is 26.2 Å². The van der Waals surface area contributed by atoms with Gasteiger partial charge in [0.05, 0.1) is 6.61 Å². The SMILES string of the molecule is CC(CO)NC1CCCN(C)CC1. The molecule has 2 unspecified atom stereocenters. The van der Waals surface area contributed by atoms with Crippen molar-refractivity contribution in [3.8, 4) is 0 Å². The fourth-order valence-corrected chi connectivity index (χ4v) is 1.86. The van der Waals surface area contributed by atoms with E-state index in [1.165, 1.54) is 32.4 Å². The van der Waals surface area contributed by atoms with Gasteiger partial charge in [-0.3, -0.25) is 0 Å². The van der Waals surface area contributed by atoms with Gasteiger partial charge < -0.3 is 15.3 Å². The average molecular weight is 186 g/mol. The third-order valence-electron chi connectivity index (χ3n) is 2.75. The number of aliphatic hydroxyl groups excluding tert-OH is 1. The summed E-state index contributed by atoms with van der Waals surface area (Å²) >= 11 is 0. The number of nitrogens with zero attached hydrogens (tertiary/aromatic N) is 1. The molecular formula is C10H22N2O. The van der Waals surface area contributed by atoms with Crippen molar-refractivity contribution in [1.82, 2.24) is 10.2 Å². The van der Waals surface area contributed by atoms with Gasteiger partial charge in [-0.15, -0.1) is 0 Å². The number of aliphatic hydroxyl groups is 1. The van der Waals surface area contributed by atoms with Crippen LogP contribution in [0.25, 0.3) is 0 Å². The summed E-state index contributed by atoms with van der Waals surface area (Å²) in [6, 6.07) is 0.848. The van der Waals surface area contributed by atoms with Crippen LogP contribution in [0, 0.1) is 0 Å². The van der Waals surface area contributed by atoms with Crippen LogP contribution in [0.4, 0.5) is 0 Å². The number of likely N-dealkylation sites (tertiary alicyclic amines) is 1. The molecule has 13 heavy (non-hydrogen) atoms. The lowest BCUT2D eigenvalue weighted by Gasteiger charge is -2.20. The van der Waals surface area contributed by atoms with E-state index in [0.717, 1.165) is 0 Å². The maximum Gasteiger partial charge on any atom is 0.0582 e. The number of rotatable bonds is 3. The Bertz CT molecular complexity index is 141. The zero-order chi connectivity index (χ0) is 9.68. The standard InChI is InChI=1S/C10H22N2O/c1-9(8-13)11-10-4-3-6-12(2)7-5-10/h9-11,13H,3-8H2,1-2H3. The first kappa shape index (κ1) is 11.0. The summed E-state index contributed by atoms with van der Waals surface area (Å²) in [5.74, 6) is 0. The Balaban J connectivity index is 2.25. The zero-order valence-corrected chi connectivity index (χ0v) is 8.79. The predicted molar refractivity (Wildman–Crippen MR) is 54.8 cm³/mol. The van der Waals surface area contributed by atoms with Gasteiger partial charge in [0, 0.05) is 12.1 Å². The minimum absolute atomic E-state index is 0.242. The fraction of sp³-hybridized carbons (Fsp3) is 1.00. The summed E-state index contributed by atoms with van der Waals surface area (Å²) in [5.41, 5.74) is 0. The first-order chi connectivity index (χ1) is 6.22. The normalized spacial score (nSPS) is 28.4. The molecule has 2 atom stereocenters. The lowest BCUT2D eigenvalue weighted by molar-refractivity contribution is 0.235. The largest absolute Gasteiger partial charge is 0.395 e. The highest BCUT2D eigenvalue weighted by Gasteiger charge is 2.15. The van der Waals surface area contributed by atoms with Crippen LogP contribution in [0.5, 0.6) is 0 Å². The van der Waals surface area contributed by atoms with Crippen molar-refractivity contribution in [2.45, 2.75) is 38.3 Å². The fourth-order valence-electron chi connectivity index (χ4n) is 1.86. The molecule has 2 N–H and O–H groups in total. The van der Waals surface area contributed by atoms with Crippen LogP contribution < -0.4 is 5.32 Å². The molecule has 0 bridgehead atoms. The molecule has 1 aliphatic heterocycles. The summed E-state index contributed by atoms with van der Waals surface area (Å²) in [5, 5.41) is 12.4. The highest BCUT2D eigenvalue weighted by molar-refractivity contribution is 4.75. The second kappa shape index (κ2) is 5.58. The van der Waals surface area contributed by atoms with Crippen molar-refractivity contribution < 1.29 is 5.11 Å². The molecule has 78 valence electrons. The topological polar surface area (TPSA) is 35.5 Å². The van der Waals surface area contributed by atoms with Gasteiger partial charge in [0.25, 0.3) is 0 Å². The number of nitrogens with one attached hydrogen (secondary N) is 1. The highest BCUT2D eigenvalue weighted by atomic mass is 16.3. The molecule has 0 saturated carbocycles. The van der Waals surface area contributed by atoms with Crippen LogP contribution >= 0.6 is 0 Å². The van der Waals surface area contributed by atoms with Crippen molar-refractivity contribution in [3.63, 3.8) is 0 Å². The van der Waals surface area contributed by atoms with E-state index >= 15 is 0 Å². The summed E-state index contributed by atoms with van der Waals surface area (Å²) in [4.78, 5) is 2.38. The summed E-state index contributed by atoms with van der Waals surface area (Å²) in [7, 11) is 2.18. The maximum atomic E-state index is 8.91. The van der Waals surface area contributed by atoms with Gasteiger partial charge in [0.2, 0.25) is 0 Å². The first-order valence-electron chi connectivity index (χ1n) is 5.28. The molecule has 0 aromatic carbocycles. The van der Waals surface area contributed by atoms with Gasteiger partial charge in [0.1, 0.15) is 0 Å². The molecule has 1 aliphatic rings. The quantitative estimate of drug-likeness (QED) is 0.671. The van der Waals surface area contributed by atoms with E-state index in [1.54, 1.807) is 0 Å². The molecule has 0 aromatic rings. The molecule has 0 aliphatic carbocycles. The van der Waals surface area contributed by atoms with Gasteiger partial charge in [-0.05, 0) is 46.3 Å². The van der Waals surface area contributed by atoms with Crippen molar-refractivity contribution in [1.29, 1.82) is 0 Å². The van der Waals surface area contributed by atoms with Gasteiger partial charge in [-0.1, -0.05) is 0 Å². The summed E-state index contributed by atoms with van der Waals surface area (Å²) < 4.78 is 0. The van der Waals surface area contributed by atoms with Crippen LogP contribution in [0.2, 0.25) is 0 Å². The van der Waals surface area contributed by atoms with E-state index in [2.05, 4.69) is 17.3 Å². The molecule has 3 heteroatoms. The van der Waals surface area contributed by atoms with Gasteiger partial charge >= 0.3 is 0 Å². The Morgan fingerprint density at radius 3 is 2.92 bits per heavy atom. The molecule has 0 spiro atoms. The average Bonchev–Trinajstić information content (AvgIpc) is 2.31. The van der Waals surface area contributed by atoms with Crippen molar-refractivity contribution in [3.05, 3.63) is 0 Å². The zero-order valence-electron chi connectivity index (χ0n) is 8.79. The first-order valence-corrected chi connectivity index (χ1v) is 5.28. The summed E-state index contributed by atoms with van der Waals surface area (Å²) in [6.45, 7) is 4.67. The lowest BCUT2D eigenvalue weighted by atomic mass is 10.1. The van der Waals surface area contributed by atoms with Crippen LogP contribution in [0.3, 0.4) is 0 Å². The second-order valence-corrected chi connectivity index (χ2v) is 4.18. The molecule has 0 aromatic heterocycles.